The Morgan fingerprint density at radius 3 is 2.52 bits per heavy atom. The summed E-state index contributed by atoms with van der Waals surface area (Å²) in [7, 11) is 0. The van der Waals surface area contributed by atoms with Crippen molar-refractivity contribution in [1.29, 1.82) is 0 Å². The molecule has 4 rings (SSSR count). The van der Waals surface area contributed by atoms with Crippen molar-refractivity contribution in [3.63, 3.8) is 0 Å². The van der Waals surface area contributed by atoms with Gasteiger partial charge in [-0.2, -0.15) is 0 Å². The molecule has 0 amide bonds. The first-order valence-corrected chi connectivity index (χ1v) is 8.94. The third-order valence-electron chi connectivity index (χ3n) is 4.17. The van der Waals surface area contributed by atoms with E-state index in [9.17, 15) is 4.79 Å². The van der Waals surface area contributed by atoms with Crippen molar-refractivity contribution in [1.82, 2.24) is 0 Å². The number of oxime groups is 1. The molecular formula is C21H13Cl2NO3. The molecule has 0 saturated carbocycles. The van der Waals surface area contributed by atoms with Gasteiger partial charge >= 0.3 is 5.97 Å². The summed E-state index contributed by atoms with van der Waals surface area (Å²) >= 11 is 12.0. The zero-order valence-corrected chi connectivity index (χ0v) is 15.5. The molecule has 0 N–H and O–H groups in total. The van der Waals surface area contributed by atoms with E-state index < -0.39 is 5.97 Å². The van der Waals surface area contributed by atoms with Crippen LogP contribution in [-0.2, 0) is 11.4 Å². The van der Waals surface area contributed by atoms with Crippen molar-refractivity contribution in [3.8, 4) is 5.75 Å². The highest BCUT2D eigenvalue weighted by atomic mass is 35.5. The quantitative estimate of drug-likeness (QED) is 0.423. The average molecular weight is 398 g/mol. The molecule has 0 bridgehead atoms. The van der Waals surface area contributed by atoms with E-state index in [4.69, 9.17) is 32.8 Å². The van der Waals surface area contributed by atoms with Crippen LogP contribution >= 0.6 is 23.2 Å². The molecule has 0 fully saturated rings. The lowest BCUT2D eigenvalue weighted by molar-refractivity contribution is 0.0517. The van der Waals surface area contributed by atoms with Gasteiger partial charge in [-0.25, -0.2) is 4.79 Å². The second kappa shape index (κ2) is 7.43. The zero-order valence-electron chi connectivity index (χ0n) is 14.0. The Labute approximate surface area is 165 Å². The van der Waals surface area contributed by atoms with Crippen LogP contribution in [0.25, 0.3) is 0 Å². The van der Waals surface area contributed by atoms with Crippen molar-refractivity contribution in [2.75, 3.05) is 0 Å². The van der Waals surface area contributed by atoms with E-state index in [-0.39, 0.29) is 10.6 Å². The molecule has 0 saturated heterocycles. The van der Waals surface area contributed by atoms with Gasteiger partial charge < -0.3 is 9.57 Å². The molecule has 0 unspecified atom stereocenters. The van der Waals surface area contributed by atoms with Crippen molar-refractivity contribution < 1.29 is 14.4 Å². The maximum atomic E-state index is 12.4. The van der Waals surface area contributed by atoms with Gasteiger partial charge in [0.05, 0.1) is 10.6 Å². The molecule has 3 aromatic carbocycles. The van der Waals surface area contributed by atoms with E-state index in [1.54, 1.807) is 6.07 Å². The van der Waals surface area contributed by atoms with Gasteiger partial charge in [-0.05, 0) is 35.9 Å². The SMILES string of the molecule is O=C(O/N=C1/c2ccccc2COc2ccccc21)c1ccc(Cl)cc1Cl. The van der Waals surface area contributed by atoms with Crippen molar-refractivity contribution >= 4 is 34.9 Å². The molecule has 1 aliphatic heterocycles. The first-order valence-electron chi connectivity index (χ1n) is 8.18. The number of halogens is 2. The highest BCUT2D eigenvalue weighted by Gasteiger charge is 2.22. The summed E-state index contributed by atoms with van der Waals surface area (Å²) in [6, 6.07) is 19.7. The summed E-state index contributed by atoms with van der Waals surface area (Å²) in [4.78, 5) is 17.7. The van der Waals surface area contributed by atoms with Gasteiger partial charge in [0.15, 0.2) is 0 Å². The van der Waals surface area contributed by atoms with E-state index in [1.807, 2.05) is 48.5 Å². The van der Waals surface area contributed by atoms with Crippen LogP contribution in [0.2, 0.25) is 10.0 Å². The number of hydrogen-bond donors (Lipinski definition) is 0. The standard InChI is InChI=1S/C21H13Cl2NO3/c22-14-9-10-16(18(23)11-14)21(25)27-24-20-15-6-2-1-5-13(15)12-26-19-8-4-3-7-17(19)20/h1-11H,12H2/b24-20-. The topological polar surface area (TPSA) is 47.9 Å². The average Bonchev–Trinajstić information content (AvgIpc) is 2.83. The molecule has 1 heterocycles. The summed E-state index contributed by atoms with van der Waals surface area (Å²) in [5.74, 6) is 0.0114. The Balaban J connectivity index is 1.75. The second-order valence-corrected chi connectivity index (χ2v) is 6.73. The number of carbonyl (C=O) groups is 1. The maximum Gasteiger partial charge on any atom is 0.367 e. The highest BCUT2D eigenvalue weighted by Crippen LogP contribution is 2.29. The number of rotatable bonds is 2. The van der Waals surface area contributed by atoms with Gasteiger partial charge in [0.1, 0.15) is 18.1 Å². The van der Waals surface area contributed by atoms with Crippen LogP contribution in [-0.4, -0.2) is 11.7 Å². The number of fused-ring (bicyclic) bond motifs is 2. The smallest absolute Gasteiger partial charge is 0.367 e. The lowest BCUT2D eigenvalue weighted by Crippen LogP contribution is -2.09. The first kappa shape index (κ1) is 17.6. The van der Waals surface area contributed by atoms with E-state index in [0.717, 1.165) is 16.7 Å². The molecule has 134 valence electrons. The number of hydrogen-bond acceptors (Lipinski definition) is 4. The lowest BCUT2D eigenvalue weighted by Gasteiger charge is -2.08. The number of para-hydroxylation sites is 1. The normalized spacial score (nSPS) is 13.9. The van der Waals surface area contributed by atoms with Crippen LogP contribution in [0.3, 0.4) is 0 Å². The highest BCUT2D eigenvalue weighted by molar-refractivity contribution is 6.36. The summed E-state index contributed by atoms with van der Waals surface area (Å²) in [6.45, 7) is 0.406. The number of benzene rings is 3. The van der Waals surface area contributed by atoms with E-state index in [1.165, 1.54) is 12.1 Å². The van der Waals surface area contributed by atoms with Crippen molar-refractivity contribution in [2.24, 2.45) is 5.16 Å². The number of ether oxygens (including phenoxy) is 1. The second-order valence-electron chi connectivity index (χ2n) is 5.88. The molecule has 0 aromatic heterocycles. The molecule has 0 aliphatic carbocycles. The van der Waals surface area contributed by atoms with Crippen LogP contribution in [0, 0.1) is 0 Å². The molecule has 1 aliphatic rings. The zero-order chi connectivity index (χ0) is 18.8. The molecule has 0 radical (unpaired) electrons. The molecule has 4 nitrogen and oxygen atoms in total. The molecular weight excluding hydrogens is 385 g/mol. The summed E-state index contributed by atoms with van der Waals surface area (Å²) in [6.07, 6.45) is 0. The molecule has 27 heavy (non-hydrogen) atoms. The minimum atomic E-state index is -0.663. The van der Waals surface area contributed by atoms with Gasteiger partial charge in [-0.15, -0.1) is 0 Å². The van der Waals surface area contributed by atoms with Crippen LogP contribution in [0.5, 0.6) is 5.75 Å². The van der Waals surface area contributed by atoms with Gasteiger partial charge in [0.2, 0.25) is 0 Å². The summed E-state index contributed by atoms with van der Waals surface area (Å²) in [5, 5.41) is 4.80. The molecule has 6 heteroatoms. The summed E-state index contributed by atoms with van der Waals surface area (Å²) in [5.41, 5.74) is 3.26. The predicted molar refractivity (Wildman–Crippen MR) is 105 cm³/mol. The Hall–Kier alpha value is -2.82. The van der Waals surface area contributed by atoms with Crippen molar-refractivity contribution in [3.05, 3.63) is 99.0 Å². The third-order valence-corrected chi connectivity index (χ3v) is 4.72. The monoisotopic (exact) mass is 397 g/mol. The van der Waals surface area contributed by atoms with Crippen LogP contribution < -0.4 is 4.74 Å². The lowest BCUT2D eigenvalue weighted by atomic mass is 9.98. The van der Waals surface area contributed by atoms with E-state index in [2.05, 4.69) is 5.16 Å². The predicted octanol–water partition coefficient (Wildman–Crippen LogP) is 5.50. The van der Waals surface area contributed by atoms with E-state index >= 15 is 0 Å². The Kier molecular flexibility index (Phi) is 4.84. The van der Waals surface area contributed by atoms with Gasteiger partial charge in [-0.1, -0.05) is 64.8 Å². The van der Waals surface area contributed by atoms with Crippen molar-refractivity contribution in [2.45, 2.75) is 6.61 Å². The Morgan fingerprint density at radius 2 is 1.70 bits per heavy atom. The van der Waals surface area contributed by atoms with Crippen LogP contribution in [0.1, 0.15) is 27.0 Å². The third kappa shape index (κ3) is 3.54. The minimum Gasteiger partial charge on any atom is -0.488 e. The van der Waals surface area contributed by atoms with Gasteiger partial charge in [0.25, 0.3) is 0 Å². The fraction of sp³-hybridized carbons (Fsp3) is 0.0476. The number of carbonyl (C=O) groups excluding carboxylic acids is 1. The first-order chi connectivity index (χ1) is 13.1. The van der Waals surface area contributed by atoms with Gasteiger partial charge in [0, 0.05) is 16.1 Å². The van der Waals surface area contributed by atoms with Crippen LogP contribution in [0.4, 0.5) is 0 Å². The van der Waals surface area contributed by atoms with Crippen LogP contribution in [0.15, 0.2) is 71.9 Å². The molecule has 3 aromatic rings. The molecule has 0 spiro atoms. The maximum absolute atomic E-state index is 12.4. The fourth-order valence-electron chi connectivity index (χ4n) is 2.86. The van der Waals surface area contributed by atoms with Gasteiger partial charge in [-0.3, -0.25) is 0 Å². The Morgan fingerprint density at radius 1 is 0.963 bits per heavy atom. The summed E-state index contributed by atoms with van der Waals surface area (Å²) < 4.78 is 5.87. The Bertz CT molecular complexity index is 1010. The largest absolute Gasteiger partial charge is 0.488 e. The molecule has 0 atom stereocenters. The number of nitrogens with zero attached hydrogens (tertiary/aromatic N) is 1. The fourth-order valence-corrected chi connectivity index (χ4v) is 3.34. The minimum absolute atomic E-state index is 0.192. The van der Waals surface area contributed by atoms with E-state index in [0.29, 0.717) is 23.1 Å².